The second kappa shape index (κ2) is 9.67. The molecule has 1 atom stereocenters. The second-order valence-corrected chi connectivity index (χ2v) is 10.6. The number of aromatic nitrogens is 1. The van der Waals surface area contributed by atoms with Crippen molar-refractivity contribution in [1.82, 2.24) is 4.57 Å². The first-order chi connectivity index (χ1) is 20.4. The summed E-state index contributed by atoms with van der Waals surface area (Å²) in [4.78, 5) is 32.4. The number of carbonyl (C=O) groups is 2. The molecule has 2 aliphatic heterocycles. The van der Waals surface area contributed by atoms with E-state index in [0.717, 1.165) is 0 Å². The van der Waals surface area contributed by atoms with Crippen LogP contribution in [0.3, 0.4) is 0 Å². The van der Waals surface area contributed by atoms with Crippen LogP contribution in [0, 0.1) is 23.0 Å². The maximum Gasteiger partial charge on any atom is 0.248 e. The molecule has 42 heavy (non-hydrogen) atoms. The first-order valence-electron chi connectivity index (χ1n) is 13.7. The highest BCUT2D eigenvalue weighted by atomic mass is 19.1. The van der Waals surface area contributed by atoms with Crippen LogP contribution in [-0.2, 0) is 21.5 Å². The van der Waals surface area contributed by atoms with E-state index in [-0.39, 0.29) is 35.7 Å². The van der Waals surface area contributed by atoms with E-state index in [1.54, 1.807) is 75.3 Å². The number of fused-ring (bicyclic) bond motifs is 3. The molecule has 0 bridgehead atoms. The molecule has 1 amide bonds. The van der Waals surface area contributed by atoms with E-state index in [9.17, 15) is 23.6 Å². The van der Waals surface area contributed by atoms with Crippen molar-refractivity contribution in [2.24, 2.45) is 0 Å². The predicted octanol–water partition coefficient (Wildman–Crippen LogP) is 6.47. The summed E-state index contributed by atoms with van der Waals surface area (Å²) >= 11 is 0. The van der Waals surface area contributed by atoms with Crippen LogP contribution in [0.15, 0.2) is 114 Å². The van der Waals surface area contributed by atoms with Gasteiger partial charge in [-0.3, -0.25) is 14.5 Å². The molecule has 0 radical (unpaired) electrons. The molecule has 3 heterocycles. The molecule has 3 aromatic carbocycles. The summed E-state index contributed by atoms with van der Waals surface area (Å²) in [5.74, 6) is -1.12. The molecule has 1 spiro atoms. The fraction of sp³-hybridized carbons (Fsp3) is 0.147. The number of benzene rings is 3. The Balaban J connectivity index is 1.56. The van der Waals surface area contributed by atoms with Crippen molar-refractivity contribution in [3.05, 3.63) is 137 Å². The van der Waals surface area contributed by atoms with Crippen LogP contribution in [0.4, 0.5) is 20.2 Å². The molecule has 0 fully saturated rings. The minimum Gasteiger partial charge on any atom is -0.309 e. The van der Waals surface area contributed by atoms with E-state index in [1.165, 1.54) is 24.3 Å². The number of hydrogen-bond donors (Lipinski definition) is 0. The van der Waals surface area contributed by atoms with Crippen LogP contribution in [0.5, 0.6) is 0 Å². The van der Waals surface area contributed by atoms with Crippen molar-refractivity contribution in [3.63, 3.8) is 0 Å². The summed E-state index contributed by atoms with van der Waals surface area (Å²) in [7, 11) is 0. The van der Waals surface area contributed by atoms with E-state index in [1.807, 2.05) is 12.1 Å². The maximum absolute atomic E-state index is 15.0. The van der Waals surface area contributed by atoms with Gasteiger partial charge in [0.25, 0.3) is 0 Å². The lowest BCUT2D eigenvalue weighted by molar-refractivity contribution is -0.124. The number of ketones is 1. The SMILES string of the molecule is N#CC1=C(n2cccc2)N(c2cccc(F)c2)C2=C(C(=O)CCC2)[C@@]12C(=O)N(Cc1ccc(F)cc1)c1ccccc12. The van der Waals surface area contributed by atoms with Crippen molar-refractivity contribution in [1.29, 1.82) is 5.26 Å². The number of anilines is 2. The quantitative estimate of drug-likeness (QED) is 0.288. The van der Waals surface area contributed by atoms with Gasteiger partial charge in [-0.2, -0.15) is 5.26 Å². The third-order valence-electron chi connectivity index (χ3n) is 8.29. The molecular formula is C34H24F2N4O2. The molecule has 1 aliphatic carbocycles. The lowest BCUT2D eigenvalue weighted by Gasteiger charge is -2.45. The van der Waals surface area contributed by atoms with Gasteiger partial charge in [0, 0.05) is 41.3 Å². The number of nitriles is 1. The van der Waals surface area contributed by atoms with Crippen molar-refractivity contribution >= 4 is 28.9 Å². The molecule has 8 heteroatoms. The van der Waals surface area contributed by atoms with Gasteiger partial charge in [0.15, 0.2) is 5.78 Å². The molecule has 0 saturated heterocycles. The van der Waals surface area contributed by atoms with Crippen LogP contribution in [0.25, 0.3) is 5.82 Å². The Morgan fingerprint density at radius 3 is 2.36 bits per heavy atom. The minimum absolute atomic E-state index is 0.0796. The van der Waals surface area contributed by atoms with E-state index in [4.69, 9.17) is 0 Å². The number of Topliss-reactive ketones (excluding diaryl/α,β-unsaturated/α-hetero) is 1. The molecule has 7 rings (SSSR count). The molecule has 206 valence electrons. The van der Waals surface area contributed by atoms with Gasteiger partial charge in [0.1, 0.15) is 28.9 Å². The third kappa shape index (κ3) is 3.60. The van der Waals surface area contributed by atoms with Crippen molar-refractivity contribution < 1.29 is 18.4 Å². The summed E-state index contributed by atoms with van der Waals surface area (Å²) in [6.45, 7) is 0.125. The van der Waals surface area contributed by atoms with Crippen LogP contribution in [0.1, 0.15) is 30.4 Å². The minimum atomic E-state index is -1.71. The Labute approximate surface area is 241 Å². The lowest BCUT2D eigenvalue weighted by Crippen LogP contribution is -2.51. The molecule has 0 N–H and O–H groups in total. The summed E-state index contributed by atoms with van der Waals surface area (Å²) in [6.07, 6.45) is 4.77. The topological polar surface area (TPSA) is 69.3 Å². The standard InChI is InChI=1S/C34H24F2N4O2/c35-23-15-13-22(14-16-23)21-39-28-10-2-1-9-26(28)34(33(39)42)27(20-37)32(38-17-3-4-18-38)40(25-8-5-7-24(36)19-25)29-11-6-12-30(41)31(29)34/h1-5,7-10,13-19H,6,11-12,21H2/t34-/m0/s1. The monoisotopic (exact) mass is 558 g/mol. The average molecular weight is 559 g/mol. The molecule has 4 aromatic rings. The molecular weight excluding hydrogens is 534 g/mol. The van der Waals surface area contributed by atoms with E-state index < -0.39 is 17.1 Å². The number of nitrogens with zero attached hydrogens (tertiary/aromatic N) is 4. The highest BCUT2D eigenvalue weighted by molar-refractivity contribution is 6.22. The van der Waals surface area contributed by atoms with Crippen LogP contribution in [0.2, 0.25) is 0 Å². The van der Waals surface area contributed by atoms with Crippen LogP contribution in [-0.4, -0.2) is 16.3 Å². The Bertz CT molecular complexity index is 1870. The lowest BCUT2D eigenvalue weighted by atomic mass is 9.63. The summed E-state index contributed by atoms with van der Waals surface area (Å²) < 4.78 is 30.1. The smallest absolute Gasteiger partial charge is 0.248 e. The summed E-state index contributed by atoms with van der Waals surface area (Å²) in [6, 6.07) is 25.1. The van der Waals surface area contributed by atoms with Gasteiger partial charge in [-0.1, -0.05) is 36.4 Å². The molecule has 1 aromatic heterocycles. The Hall–Kier alpha value is -5.29. The molecule has 0 unspecified atom stereocenters. The van der Waals surface area contributed by atoms with E-state index in [2.05, 4.69) is 6.07 Å². The largest absolute Gasteiger partial charge is 0.309 e. The first-order valence-corrected chi connectivity index (χ1v) is 13.7. The van der Waals surface area contributed by atoms with Gasteiger partial charge in [0.2, 0.25) is 5.91 Å². The van der Waals surface area contributed by atoms with E-state index in [0.29, 0.717) is 46.9 Å². The van der Waals surface area contributed by atoms with Gasteiger partial charge < -0.3 is 9.47 Å². The fourth-order valence-corrected chi connectivity index (χ4v) is 6.62. The molecule has 6 nitrogen and oxygen atoms in total. The third-order valence-corrected chi connectivity index (χ3v) is 8.29. The zero-order chi connectivity index (χ0) is 29.0. The van der Waals surface area contributed by atoms with Crippen molar-refractivity contribution in [3.8, 4) is 6.07 Å². The van der Waals surface area contributed by atoms with Crippen LogP contribution >= 0.6 is 0 Å². The maximum atomic E-state index is 15.0. The van der Waals surface area contributed by atoms with Crippen molar-refractivity contribution in [2.45, 2.75) is 31.2 Å². The molecule has 3 aliphatic rings. The number of amides is 1. The van der Waals surface area contributed by atoms with Crippen LogP contribution < -0.4 is 9.80 Å². The van der Waals surface area contributed by atoms with E-state index >= 15 is 0 Å². The van der Waals surface area contributed by atoms with Gasteiger partial charge in [-0.05, 0) is 66.9 Å². The summed E-state index contributed by atoms with van der Waals surface area (Å²) in [5.41, 5.74) is 1.47. The summed E-state index contributed by atoms with van der Waals surface area (Å²) in [5, 5.41) is 11.0. The number of rotatable bonds is 4. The second-order valence-electron chi connectivity index (χ2n) is 10.6. The van der Waals surface area contributed by atoms with Gasteiger partial charge in [0.05, 0.1) is 17.8 Å². The number of para-hydroxylation sites is 1. The first kappa shape index (κ1) is 25.7. The average Bonchev–Trinajstić information content (AvgIpc) is 3.61. The highest BCUT2D eigenvalue weighted by Crippen LogP contribution is 2.58. The van der Waals surface area contributed by atoms with Crippen molar-refractivity contribution in [2.75, 3.05) is 9.80 Å². The predicted molar refractivity (Wildman–Crippen MR) is 154 cm³/mol. The number of halogens is 2. The number of carbonyl (C=O) groups excluding carboxylic acids is 2. The highest BCUT2D eigenvalue weighted by Gasteiger charge is 2.62. The Morgan fingerprint density at radius 2 is 1.62 bits per heavy atom. The number of hydrogen-bond acceptors (Lipinski definition) is 4. The zero-order valence-electron chi connectivity index (χ0n) is 22.4. The van der Waals surface area contributed by atoms with Gasteiger partial charge in [-0.25, -0.2) is 8.78 Å². The Kier molecular flexibility index (Phi) is 5.91. The van der Waals surface area contributed by atoms with Gasteiger partial charge >= 0.3 is 0 Å². The number of allylic oxidation sites excluding steroid dienone is 1. The Morgan fingerprint density at radius 1 is 0.857 bits per heavy atom. The van der Waals surface area contributed by atoms with Gasteiger partial charge in [-0.15, -0.1) is 0 Å². The molecule has 0 saturated carbocycles. The zero-order valence-corrected chi connectivity index (χ0v) is 22.4. The fourth-order valence-electron chi connectivity index (χ4n) is 6.62. The normalized spacial score (nSPS) is 19.8.